The van der Waals surface area contributed by atoms with E-state index in [2.05, 4.69) is 50.7 Å². The SMILES string of the molecule is C=CCC(F)(F)c1nc2ccccc2nc1Cl.CC#N.CCOC(C)=O.O=C1OCC(CC(F)(F)c2nc3ccccc3nc2Cl)O1.OCC(O)CC(F)(F)c1nc2ccccc2nc1Cl.[2H]CI. The molecule has 1 saturated heterocycles. The summed E-state index contributed by atoms with van der Waals surface area (Å²) in [6, 6.07) is 21.6. The van der Waals surface area contributed by atoms with Gasteiger partial charge in [-0.2, -0.15) is 31.6 Å². The van der Waals surface area contributed by atoms with E-state index in [0.717, 1.165) is 6.08 Å². The second kappa shape index (κ2) is 28.3. The van der Waals surface area contributed by atoms with Gasteiger partial charge in [0.05, 0.1) is 64.9 Å². The minimum Gasteiger partial charge on any atom is -0.466 e. The first-order valence-corrected chi connectivity index (χ1v) is 22.1. The molecule has 24 heteroatoms. The monoisotopic (exact) mass is 1130 g/mol. The fourth-order valence-corrected chi connectivity index (χ4v) is 6.24. The number of esters is 1. The fraction of sp³-hybridized carbons (Fsp3) is 0.341. The van der Waals surface area contributed by atoms with Crippen molar-refractivity contribution >= 4 is 103 Å². The summed E-state index contributed by atoms with van der Waals surface area (Å²) in [5, 5.41) is 24.0. The van der Waals surface area contributed by atoms with Gasteiger partial charge >= 0.3 is 12.1 Å². The van der Waals surface area contributed by atoms with Gasteiger partial charge in [0.15, 0.2) is 15.5 Å². The molecule has 0 spiro atoms. The van der Waals surface area contributed by atoms with Crippen LogP contribution in [0.5, 0.6) is 0 Å². The van der Waals surface area contributed by atoms with E-state index in [1.54, 1.807) is 85.8 Å². The van der Waals surface area contributed by atoms with Gasteiger partial charge in [0.1, 0.15) is 29.8 Å². The zero-order valence-electron chi connectivity index (χ0n) is 37.2. The van der Waals surface area contributed by atoms with Gasteiger partial charge in [-0.05, 0) is 48.2 Å². The summed E-state index contributed by atoms with van der Waals surface area (Å²) in [4.78, 5) is 44.3. The third kappa shape index (κ3) is 18.0. The minimum atomic E-state index is -3.46. The van der Waals surface area contributed by atoms with Crippen molar-refractivity contribution < 1.29 is 61.7 Å². The molecule has 3 aromatic heterocycles. The van der Waals surface area contributed by atoms with Gasteiger partial charge < -0.3 is 24.4 Å². The number of allylic oxidation sites excluding steroid dienone is 1. The molecule has 2 atom stereocenters. The number of alkyl halides is 7. The van der Waals surface area contributed by atoms with Crippen molar-refractivity contribution in [2.75, 3.05) is 24.7 Å². The Bertz CT molecular complexity index is 2680. The molecule has 0 radical (unpaired) electrons. The molecule has 366 valence electrons. The third-order valence-electron chi connectivity index (χ3n) is 8.21. The number of carbonyl (C=O) groups excluding carboxylic acids is 2. The molecule has 0 bridgehead atoms. The van der Waals surface area contributed by atoms with E-state index in [9.17, 15) is 35.9 Å². The number of aromatic nitrogens is 6. The van der Waals surface area contributed by atoms with E-state index in [-0.39, 0.29) is 22.9 Å². The van der Waals surface area contributed by atoms with Crippen LogP contribution in [0.2, 0.25) is 15.5 Å². The number of nitriles is 1. The number of ether oxygens (including phenoxy) is 3. The minimum absolute atomic E-state index is 0.211. The average Bonchev–Trinajstić information content (AvgIpc) is 3.69. The van der Waals surface area contributed by atoms with E-state index in [4.69, 9.17) is 51.6 Å². The van der Waals surface area contributed by atoms with E-state index in [0.29, 0.717) is 44.6 Å². The van der Waals surface area contributed by atoms with Crippen molar-refractivity contribution in [3.05, 3.63) is 118 Å². The Balaban J connectivity index is 0.000000319. The van der Waals surface area contributed by atoms with Crippen molar-refractivity contribution in [3.63, 3.8) is 0 Å². The molecular formula is C44H43Cl3F6IN7O7. The van der Waals surface area contributed by atoms with Crippen molar-refractivity contribution in [1.82, 2.24) is 29.9 Å². The van der Waals surface area contributed by atoms with Gasteiger partial charge in [0, 0.05) is 28.1 Å². The summed E-state index contributed by atoms with van der Waals surface area (Å²) >= 11 is 19.2. The van der Waals surface area contributed by atoms with Crippen LogP contribution in [0, 0.1) is 11.3 Å². The topological polar surface area (TPSA) is 203 Å². The highest BCUT2D eigenvalue weighted by Crippen LogP contribution is 2.39. The number of hydrogen-bond acceptors (Lipinski definition) is 14. The Morgan fingerprint density at radius 2 is 1.21 bits per heavy atom. The number of para-hydroxylation sites is 6. The maximum atomic E-state index is 14.3. The zero-order chi connectivity index (χ0) is 52.0. The van der Waals surface area contributed by atoms with Gasteiger partial charge in [-0.25, -0.2) is 34.7 Å². The van der Waals surface area contributed by atoms with Crippen molar-refractivity contribution in [3.8, 4) is 6.07 Å². The van der Waals surface area contributed by atoms with Gasteiger partial charge in [-0.3, -0.25) is 4.79 Å². The maximum Gasteiger partial charge on any atom is 0.508 e. The predicted molar refractivity (Wildman–Crippen MR) is 252 cm³/mol. The van der Waals surface area contributed by atoms with Crippen LogP contribution in [0.1, 0.15) is 58.5 Å². The highest BCUT2D eigenvalue weighted by Gasteiger charge is 2.43. The molecule has 0 aliphatic carbocycles. The fourth-order valence-electron chi connectivity index (χ4n) is 5.42. The number of nitrogens with zero attached hydrogens (tertiary/aromatic N) is 7. The summed E-state index contributed by atoms with van der Waals surface area (Å²) < 4.78 is 103. The number of carbonyl (C=O) groups is 2. The van der Waals surface area contributed by atoms with Crippen LogP contribution >= 0.6 is 57.4 Å². The zero-order valence-corrected chi connectivity index (χ0v) is 40.6. The highest BCUT2D eigenvalue weighted by atomic mass is 127. The van der Waals surface area contributed by atoms with Crippen LogP contribution in [0.15, 0.2) is 85.5 Å². The van der Waals surface area contributed by atoms with E-state index in [1.807, 2.05) is 22.6 Å². The van der Waals surface area contributed by atoms with Gasteiger partial charge in [-0.15, -0.1) is 6.58 Å². The molecule has 0 saturated carbocycles. The lowest BCUT2D eigenvalue weighted by Gasteiger charge is -2.19. The number of aliphatic hydroxyl groups excluding tert-OH is 2. The van der Waals surface area contributed by atoms with Gasteiger partial charge in [0.25, 0.3) is 17.8 Å². The normalized spacial score (nSPS) is 13.6. The molecular weight excluding hydrogens is 1090 g/mol. The smallest absolute Gasteiger partial charge is 0.466 e. The van der Waals surface area contributed by atoms with Crippen LogP contribution in [0.3, 0.4) is 0 Å². The van der Waals surface area contributed by atoms with Crippen molar-refractivity contribution in [2.45, 2.75) is 70.0 Å². The molecule has 0 amide bonds. The van der Waals surface area contributed by atoms with Crippen LogP contribution in [0.25, 0.3) is 33.1 Å². The number of halogens is 10. The molecule has 4 heterocycles. The Labute approximate surface area is 416 Å². The molecule has 3 aromatic carbocycles. The van der Waals surface area contributed by atoms with Crippen LogP contribution in [-0.2, 0) is 36.8 Å². The van der Waals surface area contributed by atoms with E-state index >= 15 is 0 Å². The number of benzene rings is 3. The van der Waals surface area contributed by atoms with Crippen LogP contribution < -0.4 is 0 Å². The molecule has 6 aromatic rings. The van der Waals surface area contributed by atoms with E-state index < -0.39 is 84.2 Å². The van der Waals surface area contributed by atoms with Gasteiger partial charge in [-0.1, -0.05) is 99.9 Å². The largest absolute Gasteiger partial charge is 0.508 e. The molecule has 2 unspecified atom stereocenters. The lowest BCUT2D eigenvalue weighted by Crippen LogP contribution is -2.26. The molecule has 14 nitrogen and oxygen atoms in total. The number of aliphatic hydroxyl groups is 2. The maximum absolute atomic E-state index is 14.3. The van der Waals surface area contributed by atoms with Crippen LogP contribution in [0.4, 0.5) is 31.1 Å². The number of fused-ring (bicyclic) bond motifs is 3. The Hall–Kier alpha value is -5.25. The molecule has 2 N–H and O–H groups in total. The summed E-state index contributed by atoms with van der Waals surface area (Å²) in [5.74, 6) is -10.2. The Morgan fingerprint density at radius 3 is 1.50 bits per heavy atom. The average molecular weight is 1130 g/mol. The Kier molecular flexibility index (Phi) is 23.7. The van der Waals surface area contributed by atoms with E-state index in [1.165, 1.54) is 13.8 Å². The number of hydrogen-bond donors (Lipinski definition) is 2. The van der Waals surface area contributed by atoms with Gasteiger partial charge in [0.2, 0.25) is 0 Å². The number of cyclic esters (lactones) is 2. The second-order valence-electron chi connectivity index (χ2n) is 13.4. The molecule has 1 aliphatic heterocycles. The lowest BCUT2D eigenvalue weighted by atomic mass is 10.1. The van der Waals surface area contributed by atoms with Crippen molar-refractivity contribution in [2.24, 2.45) is 0 Å². The highest BCUT2D eigenvalue weighted by molar-refractivity contribution is 14.1. The standard InChI is InChI=1S/C13H9ClF2N2O3.C12H11ClF2N2O2.C12H9ClF2N2.C4H8O2.C2H3N.CH3I/c14-11-10(17-8-3-1-2-4-9(8)18-11)13(15,16)5-7-6-20-12(19)21-7;13-11-10(12(14,15)5-7(19)6-18)16-8-3-1-2-4-9(8)17-11;1-2-7-12(14,15)10-11(13)17-9-6-4-3-5-8(9)16-10;1-3-6-4(2)5;1-2-3;1-2/h1-4,7H,5-6H2;1-4,7,18-19H,5-6H2;2-6H,1,7H2;3H2,1-2H3;1H3;1H3/i;;;;;1D. The first-order chi connectivity index (χ1) is 32.5. The summed E-state index contributed by atoms with van der Waals surface area (Å²) in [7, 11) is 0. The van der Waals surface area contributed by atoms with Crippen LogP contribution in [-0.4, -0.2) is 89.2 Å². The first kappa shape index (κ1) is 57.1. The summed E-state index contributed by atoms with van der Waals surface area (Å²) in [6.45, 7) is 7.40. The molecule has 1 fully saturated rings. The molecule has 7 rings (SSSR count). The molecule has 1 aliphatic rings. The molecule has 68 heavy (non-hydrogen) atoms. The first-order valence-electron chi connectivity index (χ1n) is 20.2. The summed E-state index contributed by atoms with van der Waals surface area (Å²) in [6.07, 6.45) is -4.63. The summed E-state index contributed by atoms with van der Waals surface area (Å²) in [5.41, 5.74) is 0.513. The Morgan fingerprint density at radius 1 is 0.853 bits per heavy atom. The lowest BCUT2D eigenvalue weighted by molar-refractivity contribution is -0.140. The second-order valence-corrected chi connectivity index (χ2v) is 14.4. The van der Waals surface area contributed by atoms with Crippen molar-refractivity contribution in [1.29, 1.82) is 5.26 Å². The third-order valence-corrected chi connectivity index (χ3v) is 9.00. The number of rotatable bonds is 11. The quantitative estimate of drug-likeness (QED) is 0.0407. The predicted octanol–water partition coefficient (Wildman–Crippen LogP) is 11.5.